The molecule has 114 valence electrons. The number of thiazole rings is 1. The van der Waals surface area contributed by atoms with E-state index in [4.69, 9.17) is 5.73 Å². The Morgan fingerprint density at radius 2 is 1.90 bits per heavy atom. The lowest BCUT2D eigenvalue weighted by atomic mass is 10.1. The van der Waals surface area contributed by atoms with E-state index in [0.717, 1.165) is 21.8 Å². The van der Waals surface area contributed by atoms with Crippen LogP contribution < -0.4 is 10.6 Å². The van der Waals surface area contributed by atoms with Crippen molar-refractivity contribution in [3.05, 3.63) is 45.4 Å². The molecule has 0 aliphatic heterocycles. The fraction of sp³-hybridized carbons (Fsp3) is 0.333. The number of rotatable bonds is 4. The zero-order valence-electron chi connectivity index (χ0n) is 12.4. The van der Waals surface area contributed by atoms with Crippen LogP contribution in [0.5, 0.6) is 0 Å². The molecule has 0 fully saturated rings. The van der Waals surface area contributed by atoms with Gasteiger partial charge in [0.05, 0.1) is 0 Å². The van der Waals surface area contributed by atoms with Crippen LogP contribution in [0.4, 0.5) is 5.69 Å². The second-order valence-electron chi connectivity index (χ2n) is 4.73. The number of carbonyl (C=O) groups is 1. The highest BCUT2D eigenvalue weighted by Gasteiger charge is 2.19. The maximum atomic E-state index is 12.6. The molecule has 4 nitrogen and oxygen atoms in total. The number of anilines is 1. The SMILES string of the molecule is CCN(C(=O)c1csc(CN)n1)c1cc(C)cc(C)c1.Cl. The minimum absolute atomic E-state index is 0. The van der Waals surface area contributed by atoms with Crippen LogP contribution in [0.1, 0.15) is 33.5 Å². The molecule has 0 aliphatic rings. The fourth-order valence-electron chi connectivity index (χ4n) is 2.19. The maximum Gasteiger partial charge on any atom is 0.277 e. The van der Waals surface area contributed by atoms with Crippen LogP contribution >= 0.6 is 23.7 Å². The number of hydrogen-bond acceptors (Lipinski definition) is 4. The molecular weight excluding hydrogens is 306 g/mol. The van der Waals surface area contributed by atoms with Gasteiger partial charge in [-0.05, 0) is 44.0 Å². The predicted octanol–water partition coefficient (Wildman–Crippen LogP) is 3.31. The molecule has 21 heavy (non-hydrogen) atoms. The van der Waals surface area contributed by atoms with Crippen LogP contribution in [0.15, 0.2) is 23.6 Å². The van der Waals surface area contributed by atoms with E-state index < -0.39 is 0 Å². The highest BCUT2D eigenvalue weighted by atomic mass is 35.5. The van der Waals surface area contributed by atoms with Crippen molar-refractivity contribution in [3.8, 4) is 0 Å². The number of amides is 1. The van der Waals surface area contributed by atoms with Gasteiger partial charge in [-0.1, -0.05) is 6.07 Å². The molecular formula is C15H20ClN3OS. The summed E-state index contributed by atoms with van der Waals surface area (Å²) in [5.74, 6) is -0.0755. The Hall–Kier alpha value is -1.43. The zero-order valence-corrected chi connectivity index (χ0v) is 14.1. The Morgan fingerprint density at radius 3 is 2.38 bits per heavy atom. The first-order valence-corrected chi connectivity index (χ1v) is 7.47. The molecule has 1 heterocycles. The largest absolute Gasteiger partial charge is 0.325 e. The Labute approximate surface area is 135 Å². The summed E-state index contributed by atoms with van der Waals surface area (Å²) in [7, 11) is 0. The summed E-state index contributed by atoms with van der Waals surface area (Å²) in [4.78, 5) is 18.6. The topological polar surface area (TPSA) is 59.2 Å². The molecule has 1 aromatic heterocycles. The van der Waals surface area contributed by atoms with Gasteiger partial charge in [-0.15, -0.1) is 23.7 Å². The number of benzene rings is 1. The van der Waals surface area contributed by atoms with Crippen molar-refractivity contribution in [1.82, 2.24) is 4.98 Å². The van der Waals surface area contributed by atoms with Crippen LogP contribution in [-0.2, 0) is 6.54 Å². The summed E-state index contributed by atoms with van der Waals surface area (Å²) < 4.78 is 0. The van der Waals surface area contributed by atoms with Crippen molar-refractivity contribution in [2.75, 3.05) is 11.4 Å². The lowest BCUT2D eigenvalue weighted by Gasteiger charge is -2.21. The number of carbonyl (C=O) groups excluding carboxylic acids is 1. The van der Waals surface area contributed by atoms with E-state index in [1.165, 1.54) is 11.3 Å². The summed E-state index contributed by atoms with van der Waals surface area (Å²) >= 11 is 1.42. The molecule has 1 aromatic carbocycles. The number of hydrogen-bond donors (Lipinski definition) is 1. The van der Waals surface area contributed by atoms with Crippen molar-refractivity contribution in [2.24, 2.45) is 5.73 Å². The van der Waals surface area contributed by atoms with Crippen LogP contribution in [-0.4, -0.2) is 17.4 Å². The first-order chi connectivity index (χ1) is 9.55. The highest BCUT2D eigenvalue weighted by Crippen LogP contribution is 2.21. The molecule has 6 heteroatoms. The molecule has 0 saturated carbocycles. The summed E-state index contributed by atoms with van der Waals surface area (Å²) in [5.41, 5.74) is 9.22. The van der Waals surface area contributed by atoms with E-state index in [1.54, 1.807) is 10.3 Å². The lowest BCUT2D eigenvalue weighted by Crippen LogP contribution is -2.31. The number of aromatic nitrogens is 1. The summed E-state index contributed by atoms with van der Waals surface area (Å²) in [6, 6.07) is 6.13. The molecule has 2 N–H and O–H groups in total. The third-order valence-electron chi connectivity index (χ3n) is 3.02. The minimum atomic E-state index is -0.0755. The van der Waals surface area contributed by atoms with Crippen molar-refractivity contribution in [1.29, 1.82) is 0 Å². The summed E-state index contributed by atoms with van der Waals surface area (Å²) in [6.07, 6.45) is 0. The van der Waals surface area contributed by atoms with Gasteiger partial charge in [0.1, 0.15) is 10.7 Å². The van der Waals surface area contributed by atoms with Gasteiger partial charge < -0.3 is 10.6 Å². The van der Waals surface area contributed by atoms with E-state index in [9.17, 15) is 4.79 Å². The van der Waals surface area contributed by atoms with Gasteiger partial charge in [0.25, 0.3) is 5.91 Å². The van der Waals surface area contributed by atoms with E-state index >= 15 is 0 Å². The number of aryl methyl sites for hydroxylation is 2. The summed E-state index contributed by atoms with van der Waals surface area (Å²) in [6.45, 7) is 7.00. The third kappa shape index (κ3) is 4.03. The molecule has 0 unspecified atom stereocenters. The molecule has 0 spiro atoms. The van der Waals surface area contributed by atoms with Crippen molar-refractivity contribution in [3.63, 3.8) is 0 Å². The third-order valence-corrected chi connectivity index (χ3v) is 3.90. The average molecular weight is 326 g/mol. The molecule has 1 amide bonds. The zero-order chi connectivity index (χ0) is 14.7. The lowest BCUT2D eigenvalue weighted by molar-refractivity contribution is 0.0984. The maximum absolute atomic E-state index is 12.6. The van der Waals surface area contributed by atoms with Gasteiger partial charge in [-0.25, -0.2) is 4.98 Å². The average Bonchev–Trinajstić information content (AvgIpc) is 2.87. The molecule has 2 rings (SSSR count). The van der Waals surface area contributed by atoms with E-state index in [0.29, 0.717) is 18.8 Å². The molecule has 2 aromatic rings. The van der Waals surface area contributed by atoms with E-state index in [2.05, 4.69) is 11.1 Å². The smallest absolute Gasteiger partial charge is 0.277 e. The molecule has 0 saturated heterocycles. The first kappa shape index (κ1) is 17.6. The van der Waals surface area contributed by atoms with Gasteiger partial charge in [0, 0.05) is 24.2 Å². The second-order valence-corrected chi connectivity index (χ2v) is 5.67. The van der Waals surface area contributed by atoms with Gasteiger partial charge in [0.2, 0.25) is 0 Å². The van der Waals surface area contributed by atoms with Gasteiger partial charge in [-0.2, -0.15) is 0 Å². The second kappa shape index (κ2) is 7.54. The summed E-state index contributed by atoms with van der Waals surface area (Å²) in [5, 5.41) is 2.56. The fourth-order valence-corrected chi connectivity index (χ4v) is 2.84. The molecule has 0 aliphatic carbocycles. The normalized spacial score (nSPS) is 10.1. The Bertz CT molecular complexity index is 607. The Balaban J connectivity index is 0.00000220. The first-order valence-electron chi connectivity index (χ1n) is 6.59. The van der Waals surface area contributed by atoms with Crippen LogP contribution in [0.25, 0.3) is 0 Å². The molecule has 0 radical (unpaired) electrons. The Kier molecular flexibility index (Phi) is 6.33. The van der Waals surface area contributed by atoms with E-state index in [1.807, 2.05) is 32.9 Å². The van der Waals surface area contributed by atoms with Gasteiger partial charge in [0.15, 0.2) is 0 Å². The van der Waals surface area contributed by atoms with Crippen molar-refractivity contribution < 1.29 is 4.79 Å². The Morgan fingerprint density at radius 1 is 1.29 bits per heavy atom. The molecule has 0 atom stereocenters. The van der Waals surface area contributed by atoms with Crippen molar-refractivity contribution >= 4 is 35.3 Å². The molecule has 0 bridgehead atoms. The number of halogens is 1. The van der Waals surface area contributed by atoms with Gasteiger partial charge in [-0.3, -0.25) is 4.79 Å². The minimum Gasteiger partial charge on any atom is -0.325 e. The van der Waals surface area contributed by atoms with Crippen molar-refractivity contribution in [2.45, 2.75) is 27.3 Å². The van der Waals surface area contributed by atoms with Crippen LogP contribution in [0.2, 0.25) is 0 Å². The van der Waals surface area contributed by atoms with Crippen LogP contribution in [0, 0.1) is 13.8 Å². The number of nitrogens with zero attached hydrogens (tertiary/aromatic N) is 2. The number of nitrogens with two attached hydrogens (primary N) is 1. The van der Waals surface area contributed by atoms with Gasteiger partial charge >= 0.3 is 0 Å². The monoisotopic (exact) mass is 325 g/mol. The van der Waals surface area contributed by atoms with E-state index in [-0.39, 0.29) is 18.3 Å². The standard InChI is InChI=1S/C15H19N3OS.ClH/c1-4-18(12-6-10(2)5-11(3)7-12)15(19)13-9-20-14(8-16)17-13;/h5-7,9H,4,8,16H2,1-3H3;1H. The van der Waals surface area contributed by atoms with Crippen LogP contribution in [0.3, 0.4) is 0 Å². The predicted molar refractivity (Wildman–Crippen MR) is 90.5 cm³/mol. The highest BCUT2D eigenvalue weighted by molar-refractivity contribution is 7.09. The quantitative estimate of drug-likeness (QED) is 0.938.